The van der Waals surface area contributed by atoms with E-state index in [-0.39, 0.29) is 11.0 Å². The van der Waals surface area contributed by atoms with Gasteiger partial charge in [0, 0.05) is 24.7 Å². The molecule has 3 rings (SSSR count). The molecule has 2 aromatic rings. The summed E-state index contributed by atoms with van der Waals surface area (Å²) in [6, 6.07) is 5.22. The van der Waals surface area contributed by atoms with Crippen LogP contribution in [0.4, 0.5) is 4.79 Å². The van der Waals surface area contributed by atoms with E-state index in [9.17, 15) is 14.4 Å². The molecule has 140 valence electrons. The van der Waals surface area contributed by atoms with E-state index in [1.54, 1.807) is 18.2 Å². The number of nitrogens with zero attached hydrogens (tertiary/aromatic N) is 2. The molecule has 1 aliphatic heterocycles. The number of hydrogen-bond donors (Lipinski definition) is 1. The van der Waals surface area contributed by atoms with Gasteiger partial charge in [0.2, 0.25) is 0 Å². The van der Waals surface area contributed by atoms with Gasteiger partial charge in [0.1, 0.15) is 12.3 Å². The number of nitrogens with one attached hydrogen (secondary N) is 1. The fourth-order valence-corrected chi connectivity index (χ4v) is 4.22. The van der Waals surface area contributed by atoms with Crippen molar-refractivity contribution in [2.75, 3.05) is 19.6 Å². The average molecular weight is 398 g/mol. The van der Waals surface area contributed by atoms with Crippen LogP contribution in [0.1, 0.15) is 25.9 Å². The number of piperidine rings is 1. The Bertz CT molecular complexity index is 857. The van der Waals surface area contributed by atoms with E-state index in [0.29, 0.717) is 43.0 Å². The number of fused-ring (bicyclic) bond motifs is 1. The summed E-state index contributed by atoms with van der Waals surface area (Å²) in [5, 5.41) is 3.12. The normalized spacial score (nSPS) is 17.2. The second kappa shape index (κ2) is 8.20. The van der Waals surface area contributed by atoms with Gasteiger partial charge in [-0.25, -0.2) is 4.79 Å². The maximum atomic E-state index is 12.4. The van der Waals surface area contributed by atoms with Crippen LogP contribution in [-0.2, 0) is 9.53 Å². The Hall–Kier alpha value is -1.90. The molecule has 0 bridgehead atoms. The summed E-state index contributed by atoms with van der Waals surface area (Å²) in [4.78, 5) is 37.5. The Morgan fingerprint density at radius 3 is 2.85 bits per heavy atom. The first-order valence-corrected chi connectivity index (χ1v) is 9.67. The molecule has 26 heavy (non-hydrogen) atoms. The number of carbonyl (C=O) groups excluding carboxylic acids is 2. The van der Waals surface area contributed by atoms with Crippen LogP contribution in [0, 0.1) is 0 Å². The van der Waals surface area contributed by atoms with E-state index >= 15 is 0 Å². The highest BCUT2D eigenvalue weighted by Crippen LogP contribution is 2.27. The number of thiazole rings is 1. The van der Waals surface area contributed by atoms with Gasteiger partial charge in [0.25, 0.3) is 0 Å². The van der Waals surface area contributed by atoms with Gasteiger partial charge < -0.3 is 10.1 Å². The van der Waals surface area contributed by atoms with Gasteiger partial charge in [-0.2, -0.15) is 0 Å². The van der Waals surface area contributed by atoms with Crippen LogP contribution in [0.2, 0.25) is 5.02 Å². The minimum atomic E-state index is -0.694. The molecular formula is C17H20ClN3O4S. The molecule has 9 heteroatoms. The third-order valence-corrected chi connectivity index (χ3v) is 5.58. The number of likely N-dealkylation sites (tertiary alicyclic amines) is 1. The van der Waals surface area contributed by atoms with Gasteiger partial charge in [-0.05, 0) is 38.0 Å². The molecule has 1 fully saturated rings. The molecule has 0 aliphatic carbocycles. The summed E-state index contributed by atoms with van der Waals surface area (Å²) in [6.07, 6.45) is 0.695. The maximum Gasteiger partial charge on any atom is 0.407 e. The Morgan fingerprint density at radius 1 is 1.46 bits per heavy atom. The monoisotopic (exact) mass is 397 g/mol. The second-order valence-corrected chi connectivity index (χ2v) is 7.50. The molecule has 1 aromatic carbocycles. The summed E-state index contributed by atoms with van der Waals surface area (Å²) >= 11 is 7.15. The van der Waals surface area contributed by atoms with Crippen molar-refractivity contribution in [1.29, 1.82) is 0 Å². The Labute approximate surface area is 159 Å². The molecule has 1 aliphatic rings. The van der Waals surface area contributed by atoms with Crippen molar-refractivity contribution in [1.82, 2.24) is 14.8 Å². The lowest BCUT2D eigenvalue weighted by Gasteiger charge is -2.35. The molecule has 0 saturated carbocycles. The van der Waals surface area contributed by atoms with Crippen molar-refractivity contribution < 1.29 is 14.3 Å². The van der Waals surface area contributed by atoms with Crippen molar-refractivity contribution in [3.63, 3.8) is 0 Å². The SMILES string of the molecule is CCNC(=O)OC1CCN(C(C=O)n2c(=O)sc3ccc(Cl)cc32)CC1. The minimum absolute atomic E-state index is 0.185. The lowest BCUT2D eigenvalue weighted by molar-refractivity contribution is -0.116. The summed E-state index contributed by atoms with van der Waals surface area (Å²) in [5.74, 6) is 0. The zero-order valence-electron chi connectivity index (χ0n) is 14.3. The van der Waals surface area contributed by atoms with E-state index in [1.807, 2.05) is 11.8 Å². The number of carbonyl (C=O) groups is 2. The van der Waals surface area contributed by atoms with Crippen molar-refractivity contribution in [3.05, 3.63) is 32.9 Å². The van der Waals surface area contributed by atoms with Crippen molar-refractivity contribution >= 4 is 45.5 Å². The largest absolute Gasteiger partial charge is 0.446 e. The third-order valence-electron chi connectivity index (χ3n) is 4.41. The first-order valence-electron chi connectivity index (χ1n) is 8.48. The lowest BCUT2D eigenvalue weighted by atomic mass is 10.1. The van der Waals surface area contributed by atoms with Crippen LogP contribution in [-0.4, -0.2) is 47.6 Å². The lowest BCUT2D eigenvalue weighted by Crippen LogP contribution is -2.44. The average Bonchev–Trinajstić information content (AvgIpc) is 2.93. The third kappa shape index (κ3) is 3.92. The van der Waals surface area contributed by atoms with Gasteiger partial charge in [0.05, 0.1) is 10.2 Å². The molecule has 1 saturated heterocycles. The molecule has 1 amide bonds. The molecule has 0 radical (unpaired) electrons. The number of halogens is 1. The quantitative estimate of drug-likeness (QED) is 0.784. The highest BCUT2D eigenvalue weighted by atomic mass is 35.5. The maximum absolute atomic E-state index is 12.4. The van der Waals surface area contributed by atoms with Crippen LogP contribution in [0.25, 0.3) is 10.2 Å². The smallest absolute Gasteiger partial charge is 0.407 e. The first kappa shape index (κ1) is 18.9. The standard InChI is InChI=1S/C17H20ClN3O4S/c1-2-19-16(23)25-12-5-7-20(8-6-12)15(10-22)21-13-9-11(18)3-4-14(13)26-17(21)24/h3-4,9-10,12,15H,2,5-8H2,1H3,(H,19,23). The molecule has 7 nitrogen and oxygen atoms in total. The fraction of sp³-hybridized carbons (Fsp3) is 0.471. The van der Waals surface area contributed by atoms with E-state index in [0.717, 1.165) is 22.3 Å². The van der Waals surface area contributed by atoms with E-state index < -0.39 is 12.3 Å². The number of benzene rings is 1. The molecule has 0 spiro atoms. The highest BCUT2D eigenvalue weighted by Gasteiger charge is 2.29. The van der Waals surface area contributed by atoms with Crippen molar-refractivity contribution in [2.24, 2.45) is 0 Å². The molecule has 1 N–H and O–H groups in total. The minimum Gasteiger partial charge on any atom is -0.446 e. The van der Waals surface area contributed by atoms with Crippen molar-refractivity contribution in [2.45, 2.75) is 32.0 Å². The van der Waals surface area contributed by atoms with E-state index in [1.165, 1.54) is 4.57 Å². The number of hydrogen-bond acceptors (Lipinski definition) is 6. The second-order valence-electron chi connectivity index (χ2n) is 6.07. The zero-order valence-corrected chi connectivity index (χ0v) is 15.9. The predicted molar refractivity (Wildman–Crippen MR) is 101 cm³/mol. The summed E-state index contributed by atoms with van der Waals surface area (Å²) in [7, 11) is 0. The van der Waals surface area contributed by atoms with Crippen LogP contribution >= 0.6 is 22.9 Å². The number of aldehydes is 1. The Balaban J connectivity index is 1.76. The van der Waals surface area contributed by atoms with Gasteiger partial charge in [0.15, 0.2) is 6.29 Å². The fourth-order valence-electron chi connectivity index (χ4n) is 3.16. The van der Waals surface area contributed by atoms with E-state index in [4.69, 9.17) is 16.3 Å². The zero-order chi connectivity index (χ0) is 18.7. The summed E-state index contributed by atoms with van der Waals surface area (Å²) < 4.78 is 7.63. The predicted octanol–water partition coefficient (Wildman–Crippen LogP) is 2.62. The van der Waals surface area contributed by atoms with Gasteiger partial charge in [-0.15, -0.1) is 0 Å². The Kier molecular flexibility index (Phi) is 5.95. The molecular weight excluding hydrogens is 378 g/mol. The van der Waals surface area contributed by atoms with Gasteiger partial charge in [-0.3, -0.25) is 19.1 Å². The molecule has 2 heterocycles. The molecule has 1 aromatic heterocycles. The van der Waals surface area contributed by atoms with Crippen molar-refractivity contribution in [3.8, 4) is 0 Å². The topological polar surface area (TPSA) is 80.6 Å². The summed E-state index contributed by atoms with van der Waals surface area (Å²) in [5.41, 5.74) is 0.658. The Morgan fingerprint density at radius 2 is 2.19 bits per heavy atom. The van der Waals surface area contributed by atoms with Gasteiger partial charge >= 0.3 is 11.0 Å². The number of rotatable bonds is 5. The number of aromatic nitrogens is 1. The number of amides is 1. The number of alkyl carbamates (subject to hydrolysis) is 1. The summed E-state index contributed by atoms with van der Waals surface area (Å²) in [6.45, 7) is 3.45. The first-order chi connectivity index (χ1) is 12.5. The van der Waals surface area contributed by atoms with Crippen LogP contribution < -0.4 is 10.2 Å². The number of ether oxygens (including phenoxy) is 1. The van der Waals surface area contributed by atoms with Crippen LogP contribution in [0.3, 0.4) is 0 Å². The highest BCUT2D eigenvalue weighted by molar-refractivity contribution is 7.16. The molecule has 1 atom stereocenters. The van der Waals surface area contributed by atoms with Crippen LogP contribution in [0.5, 0.6) is 0 Å². The van der Waals surface area contributed by atoms with Crippen LogP contribution in [0.15, 0.2) is 23.0 Å². The van der Waals surface area contributed by atoms with E-state index in [2.05, 4.69) is 5.32 Å². The molecule has 1 unspecified atom stereocenters. The van der Waals surface area contributed by atoms with Gasteiger partial charge in [-0.1, -0.05) is 22.9 Å².